The number of benzene rings is 1. The monoisotopic (exact) mass is 303 g/mol. The molecular formula is C15H17N3O4. The Morgan fingerprint density at radius 1 is 1.27 bits per heavy atom. The number of piperazine rings is 1. The maximum Gasteiger partial charge on any atom is 0.332 e. The normalized spacial score (nSPS) is 21.2. The molecule has 1 unspecified atom stereocenters. The van der Waals surface area contributed by atoms with Gasteiger partial charge in [0.25, 0.3) is 5.91 Å². The first-order chi connectivity index (χ1) is 10.5. The van der Waals surface area contributed by atoms with Gasteiger partial charge in [-0.1, -0.05) is 6.07 Å². The summed E-state index contributed by atoms with van der Waals surface area (Å²) in [5.74, 6) is 0.192. The van der Waals surface area contributed by atoms with Crippen molar-refractivity contribution in [3.8, 4) is 5.75 Å². The van der Waals surface area contributed by atoms with Gasteiger partial charge in [-0.05, 0) is 12.1 Å². The highest BCUT2D eigenvalue weighted by Crippen LogP contribution is 2.29. The lowest BCUT2D eigenvalue weighted by atomic mass is 10.2. The number of methoxy groups -OCH3 is 1. The van der Waals surface area contributed by atoms with Gasteiger partial charge >= 0.3 is 6.03 Å². The van der Waals surface area contributed by atoms with Crippen LogP contribution < -0.4 is 9.64 Å². The van der Waals surface area contributed by atoms with Gasteiger partial charge in [0.15, 0.2) is 0 Å². The number of urea groups is 1. The van der Waals surface area contributed by atoms with E-state index in [9.17, 15) is 14.4 Å². The van der Waals surface area contributed by atoms with Crippen LogP contribution in [0.2, 0.25) is 0 Å². The molecule has 0 aromatic heterocycles. The summed E-state index contributed by atoms with van der Waals surface area (Å²) < 4.78 is 5.14. The molecule has 1 aromatic rings. The van der Waals surface area contributed by atoms with E-state index >= 15 is 0 Å². The minimum atomic E-state index is -0.601. The minimum absolute atomic E-state index is 0.0836. The lowest BCUT2D eigenvalue weighted by Gasteiger charge is -2.34. The molecule has 0 saturated carbocycles. The highest BCUT2D eigenvalue weighted by molar-refractivity contribution is 6.21. The van der Waals surface area contributed by atoms with Crippen molar-refractivity contribution in [1.82, 2.24) is 9.80 Å². The number of carbonyl (C=O) groups is 3. The molecule has 22 heavy (non-hydrogen) atoms. The van der Waals surface area contributed by atoms with Gasteiger partial charge < -0.3 is 14.5 Å². The quantitative estimate of drug-likeness (QED) is 0.754. The molecule has 116 valence electrons. The Balaban J connectivity index is 1.90. The molecule has 0 aliphatic carbocycles. The number of fused-ring (bicyclic) bond motifs is 1. The maximum absolute atomic E-state index is 12.6. The molecule has 3 rings (SSSR count). The van der Waals surface area contributed by atoms with Gasteiger partial charge in [0.2, 0.25) is 5.91 Å². The number of anilines is 1. The minimum Gasteiger partial charge on any atom is -0.497 e. The van der Waals surface area contributed by atoms with E-state index < -0.39 is 6.04 Å². The number of rotatable bonds is 2. The summed E-state index contributed by atoms with van der Waals surface area (Å²) in [5.41, 5.74) is 0.484. The average molecular weight is 303 g/mol. The SMILES string of the molecule is COc1cccc(N2C(=O)C3CN(C(C)=O)CCN3C2=O)c1. The van der Waals surface area contributed by atoms with Gasteiger partial charge in [-0.25, -0.2) is 9.69 Å². The van der Waals surface area contributed by atoms with Crippen LogP contribution in [-0.2, 0) is 9.59 Å². The molecular weight excluding hydrogens is 286 g/mol. The maximum atomic E-state index is 12.6. The van der Waals surface area contributed by atoms with Gasteiger partial charge in [-0.15, -0.1) is 0 Å². The van der Waals surface area contributed by atoms with Crippen molar-refractivity contribution in [2.75, 3.05) is 31.6 Å². The summed E-state index contributed by atoms with van der Waals surface area (Å²) in [6.07, 6.45) is 0. The lowest BCUT2D eigenvalue weighted by molar-refractivity contribution is -0.132. The lowest BCUT2D eigenvalue weighted by Crippen LogP contribution is -2.54. The second-order valence-electron chi connectivity index (χ2n) is 5.33. The van der Waals surface area contributed by atoms with Crippen molar-refractivity contribution in [2.24, 2.45) is 0 Å². The van der Waals surface area contributed by atoms with Crippen LogP contribution in [0.15, 0.2) is 24.3 Å². The van der Waals surface area contributed by atoms with E-state index in [1.54, 1.807) is 29.2 Å². The number of hydrogen-bond acceptors (Lipinski definition) is 4. The molecule has 1 aromatic carbocycles. The van der Waals surface area contributed by atoms with Crippen molar-refractivity contribution in [2.45, 2.75) is 13.0 Å². The molecule has 0 N–H and O–H groups in total. The Hall–Kier alpha value is -2.57. The first-order valence-corrected chi connectivity index (χ1v) is 7.07. The van der Waals surface area contributed by atoms with E-state index in [0.717, 1.165) is 4.90 Å². The highest BCUT2D eigenvalue weighted by atomic mass is 16.5. The van der Waals surface area contributed by atoms with Gasteiger partial charge in [-0.3, -0.25) is 9.59 Å². The van der Waals surface area contributed by atoms with E-state index in [1.807, 2.05) is 0 Å². The van der Waals surface area contributed by atoms with Crippen molar-refractivity contribution < 1.29 is 19.1 Å². The first-order valence-electron chi connectivity index (χ1n) is 7.07. The van der Waals surface area contributed by atoms with E-state index in [1.165, 1.54) is 18.9 Å². The molecule has 0 spiro atoms. The van der Waals surface area contributed by atoms with Crippen LogP contribution in [0, 0.1) is 0 Å². The van der Waals surface area contributed by atoms with Crippen LogP contribution in [0.3, 0.4) is 0 Å². The van der Waals surface area contributed by atoms with Crippen LogP contribution in [0.25, 0.3) is 0 Å². The Labute approximate surface area is 128 Å². The molecule has 1 atom stereocenters. The Morgan fingerprint density at radius 2 is 2.05 bits per heavy atom. The van der Waals surface area contributed by atoms with Crippen LogP contribution in [-0.4, -0.2) is 60.4 Å². The highest BCUT2D eigenvalue weighted by Gasteiger charge is 2.48. The van der Waals surface area contributed by atoms with Crippen LogP contribution >= 0.6 is 0 Å². The van der Waals surface area contributed by atoms with Crippen molar-refractivity contribution in [1.29, 1.82) is 0 Å². The summed E-state index contributed by atoms with van der Waals surface area (Å²) in [6.45, 7) is 2.54. The van der Waals surface area contributed by atoms with Crippen LogP contribution in [0.5, 0.6) is 5.75 Å². The fourth-order valence-corrected chi connectivity index (χ4v) is 2.87. The summed E-state index contributed by atoms with van der Waals surface area (Å²) >= 11 is 0. The second-order valence-corrected chi connectivity index (χ2v) is 5.33. The third-order valence-corrected chi connectivity index (χ3v) is 4.08. The first kappa shape index (κ1) is 14.4. The number of imide groups is 1. The largest absolute Gasteiger partial charge is 0.497 e. The van der Waals surface area contributed by atoms with Gasteiger partial charge in [0, 0.05) is 26.1 Å². The molecule has 4 amide bonds. The predicted molar refractivity (Wildman–Crippen MR) is 78.6 cm³/mol. The Bertz CT molecular complexity index is 645. The summed E-state index contributed by atoms with van der Waals surface area (Å²) in [6, 6.07) is 5.88. The topological polar surface area (TPSA) is 70.2 Å². The van der Waals surface area contributed by atoms with Crippen molar-refractivity contribution in [3.63, 3.8) is 0 Å². The third-order valence-electron chi connectivity index (χ3n) is 4.08. The fraction of sp³-hybridized carbons (Fsp3) is 0.400. The zero-order valence-corrected chi connectivity index (χ0v) is 12.5. The standard InChI is InChI=1S/C15H17N3O4/c1-10(19)16-6-7-17-13(9-16)14(20)18(15(17)21)11-4-3-5-12(8-11)22-2/h3-5,8,13H,6-7,9H2,1-2H3. The number of nitrogens with zero attached hydrogens (tertiary/aromatic N) is 3. The van der Waals surface area contributed by atoms with Crippen molar-refractivity contribution in [3.05, 3.63) is 24.3 Å². The van der Waals surface area contributed by atoms with Gasteiger partial charge in [0.1, 0.15) is 11.8 Å². The second kappa shape index (κ2) is 5.32. The van der Waals surface area contributed by atoms with Gasteiger partial charge in [-0.2, -0.15) is 0 Å². The summed E-state index contributed by atoms with van der Waals surface area (Å²) in [5, 5.41) is 0. The zero-order valence-electron chi connectivity index (χ0n) is 12.5. The molecule has 2 aliphatic rings. The molecule has 2 fully saturated rings. The fourth-order valence-electron chi connectivity index (χ4n) is 2.87. The van der Waals surface area contributed by atoms with E-state index in [2.05, 4.69) is 0 Å². The number of carbonyl (C=O) groups excluding carboxylic acids is 3. The third kappa shape index (κ3) is 2.18. The van der Waals surface area contributed by atoms with E-state index in [4.69, 9.17) is 4.74 Å². The van der Waals surface area contributed by atoms with Crippen molar-refractivity contribution >= 4 is 23.5 Å². The van der Waals surface area contributed by atoms with Crippen LogP contribution in [0.4, 0.5) is 10.5 Å². The predicted octanol–water partition coefficient (Wildman–Crippen LogP) is 0.694. The Kier molecular flexibility index (Phi) is 3.48. The molecule has 0 bridgehead atoms. The molecule has 2 heterocycles. The van der Waals surface area contributed by atoms with Gasteiger partial charge in [0.05, 0.1) is 19.3 Å². The number of ether oxygens (including phenoxy) is 1. The number of amides is 4. The van der Waals surface area contributed by atoms with Crippen LogP contribution in [0.1, 0.15) is 6.92 Å². The summed E-state index contributed by atoms with van der Waals surface area (Å²) in [4.78, 5) is 40.9. The number of hydrogen-bond donors (Lipinski definition) is 0. The van der Waals surface area contributed by atoms with E-state index in [0.29, 0.717) is 24.5 Å². The smallest absolute Gasteiger partial charge is 0.332 e. The average Bonchev–Trinajstić information content (AvgIpc) is 2.78. The molecule has 7 heteroatoms. The molecule has 2 saturated heterocycles. The zero-order chi connectivity index (χ0) is 15.9. The summed E-state index contributed by atoms with van der Waals surface area (Å²) in [7, 11) is 1.53. The molecule has 2 aliphatic heterocycles. The Morgan fingerprint density at radius 3 is 2.73 bits per heavy atom. The molecule has 0 radical (unpaired) electrons. The van der Waals surface area contributed by atoms with E-state index in [-0.39, 0.29) is 24.4 Å². The molecule has 7 nitrogen and oxygen atoms in total.